The maximum Gasteiger partial charge on any atom is 0.306 e. The number of carbonyl (C=O) groups is 2. The van der Waals surface area contributed by atoms with Gasteiger partial charge in [0, 0.05) is 18.4 Å². The average molecular weight is 244 g/mol. The van der Waals surface area contributed by atoms with Gasteiger partial charge in [0.2, 0.25) is 5.91 Å². The van der Waals surface area contributed by atoms with Crippen LogP contribution in [0.5, 0.6) is 0 Å². The van der Waals surface area contributed by atoms with Gasteiger partial charge in [-0.2, -0.15) is 0 Å². The highest BCUT2D eigenvalue weighted by Gasteiger charge is 2.60. The maximum atomic E-state index is 12.0. The van der Waals surface area contributed by atoms with Gasteiger partial charge in [-0.3, -0.25) is 19.8 Å². The Balaban J connectivity index is 1.94. The molecule has 2 atom stereocenters. The largest absolute Gasteiger partial charge is 0.450 e. The van der Waals surface area contributed by atoms with E-state index in [1.165, 1.54) is 0 Å². The molecule has 92 valence electrons. The number of ether oxygens (including phenoxy) is 1. The summed E-state index contributed by atoms with van der Waals surface area (Å²) in [4.78, 5) is 25.2. The number of amides is 1. The number of anilines is 1. The van der Waals surface area contributed by atoms with Crippen molar-refractivity contribution < 1.29 is 14.3 Å². The molecule has 1 amide bonds. The summed E-state index contributed by atoms with van der Waals surface area (Å²) in [5.41, 5.74) is 1.13. The van der Waals surface area contributed by atoms with E-state index >= 15 is 0 Å². The molecular formula is C13H12N2O3. The predicted molar refractivity (Wildman–Crippen MR) is 62.7 cm³/mol. The SMILES string of the molecule is O=C1CCC2(O1)c1ccccc1N1C(=O)CNC12. The molecule has 2 unspecified atom stereocenters. The van der Waals surface area contributed by atoms with E-state index in [0.29, 0.717) is 19.4 Å². The molecule has 18 heavy (non-hydrogen) atoms. The lowest BCUT2D eigenvalue weighted by Crippen LogP contribution is -2.48. The maximum absolute atomic E-state index is 12.0. The zero-order chi connectivity index (χ0) is 12.3. The Bertz CT molecular complexity index is 571. The summed E-state index contributed by atoms with van der Waals surface area (Å²) < 4.78 is 5.60. The summed E-state index contributed by atoms with van der Waals surface area (Å²) in [6, 6.07) is 7.67. The summed E-state index contributed by atoms with van der Waals surface area (Å²) in [7, 11) is 0. The summed E-state index contributed by atoms with van der Waals surface area (Å²) in [6.45, 7) is 0.304. The molecular weight excluding hydrogens is 232 g/mol. The zero-order valence-corrected chi connectivity index (χ0v) is 9.68. The molecule has 0 saturated carbocycles. The minimum Gasteiger partial charge on any atom is -0.450 e. The van der Waals surface area contributed by atoms with Crippen molar-refractivity contribution in [3.63, 3.8) is 0 Å². The van der Waals surface area contributed by atoms with Crippen LogP contribution in [0.4, 0.5) is 5.69 Å². The first-order chi connectivity index (χ1) is 8.72. The Hall–Kier alpha value is -1.88. The van der Waals surface area contributed by atoms with E-state index in [1.54, 1.807) is 4.90 Å². The van der Waals surface area contributed by atoms with Crippen LogP contribution >= 0.6 is 0 Å². The van der Waals surface area contributed by atoms with Crippen LogP contribution in [0.1, 0.15) is 18.4 Å². The number of rotatable bonds is 0. The van der Waals surface area contributed by atoms with Crippen LogP contribution in [-0.4, -0.2) is 24.6 Å². The van der Waals surface area contributed by atoms with Gasteiger partial charge in [0.1, 0.15) is 6.17 Å². The van der Waals surface area contributed by atoms with Gasteiger partial charge in [-0.1, -0.05) is 18.2 Å². The highest BCUT2D eigenvalue weighted by atomic mass is 16.6. The highest BCUT2D eigenvalue weighted by molar-refractivity contribution is 6.01. The molecule has 1 spiro atoms. The fraction of sp³-hybridized carbons (Fsp3) is 0.385. The highest BCUT2D eigenvalue weighted by Crippen LogP contribution is 2.51. The number of esters is 1. The van der Waals surface area contributed by atoms with Gasteiger partial charge >= 0.3 is 5.97 Å². The molecule has 0 aromatic heterocycles. The first-order valence-electron chi connectivity index (χ1n) is 6.09. The smallest absolute Gasteiger partial charge is 0.306 e. The normalized spacial score (nSPS) is 32.9. The Kier molecular flexibility index (Phi) is 1.74. The number of fused-ring (bicyclic) bond motifs is 5. The second kappa shape index (κ2) is 3.11. The molecule has 2 fully saturated rings. The minimum atomic E-state index is -0.681. The second-order valence-electron chi connectivity index (χ2n) is 4.93. The fourth-order valence-electron chi connectivity index (χ4n) is 3.32. The fourth-order valence-corrected chi connectivity index (χ4v) is 3.32. The number of nitrogens with zero attached hydrogens (tertiary/aromatic N) is 1. The molecule has 1 aromatic rings. The van der Waals surface area contributed by atoms with Crippen LogP contribution in [-0.2, 0) is 19.9 Å². The molecule has 4 rings (SSSR count). The third-order valence-corrected chi connectivity index (χ3v) is 4.03. The monoisotopic (exact) mass is 244 g/mol. The average Bonchev–Trinajstić information content (AvgIpc) is 3.00. The minimum absolute atomic E-state index is 0.0345. The Morgan fingerprint density at radius 2 is 2.17 bits per heavy atom. The Morgan fingerprint density at radius 3 is 2.94 bits per heavy atom. The summed E-state index contributed by atoms with van der Waals surface area (Å²) in [5.74, 6) is -0.153. The Labute approximate surface area is 104 Å². The van der Waals surface area contributed by atoms with Crippen molar-refractivity contribution in [2.75, 3.05) is 11.4 Å². The number of hydrogen-bond acceptors (Lipinski definition) is 4. The Morgan fingerprint density at radius 1 is 1.33 bits per heavy atom. The van der Waals surface area contributed by atoms with Crippen LogP contribution < -0.4 is 10.2 Å². The standard InChI is InChI=1S/C13H12N2O3/c16-10-7-14-12-13(6-5-11(17)18-13)8-3-1-2-4-9(8)15(10)12/h1-4,12,14H,5-7H2. The molecule has 0 bridgehead atoms. The van der Waals surface area contributed by atoms with Gasteiger partial charge in [-0.05, 0) is 6.07 Å². The van der Waals surface area contributed by atoms with Crippen LogP contribution in [0, 0.1) is 0 Å². The quantitative estimate of drug-likeness (QED) is 0.675. The van der Waals surface area contributed by atoms with Crippen molar-refractivity contribution in [3.05, 3.63) is 29.8 Å². The van der Waals surface area contributed by atoms with Crippen LogP contribution in [0.3, 0.4) is 0 Å². The van der Waals surface area contributed by atoms with E-state index in [0.717, 1.165) is 11.3 Å². The topological polar surface area (TPSA) is 58.6 Å². The lowest BCUT2D eigenvalue weighted by Gasteiger charge is -2.29. The predicted octanol–water partition coefficient (Wildman–Crippen LogP) is 0.495. The lowest BCUT2D eigenvalue weighted by atomic mass is 9.90. The molecule has 5 heteroatoms. The molecule has 0 aliphatic carbocycles. The second-order valence-corrected chi connectivity index (χ2v) is 4.93. The summed E-state index contributed by atoms with van der Waals surface area (Å²) in [6.07, 6.45) is 0.799. The molecule has 1 N–H and O–H groups in total. The van der Waals surface area contributed by atoms with Crippen molar-refractivity contribution in [1.29, 1.82) is 0 Å². The van der Waals surface area contributed by atoms with Crippen molar-refractivity contribution in [1.82, 2.24) is 5.32 Å². The van der Waals surface area contributed by atoms with Crippen LogP contribution in [0.2, 0.25) is 0 Å². The third kappa shape index (κ3) is 1.01. The van der Waals surface area contributed by atoms with Crippen LogP contribution in [0.25, 0.3) is 0 Å². The van der Waals surface area contributed by atoms with E-state index in [4.69, 9.17) is 4.74 Å². The lowest BCUT2D eigenvalue weighted by molar-refractivity contribution is -0.150. The van der Waals surface area contributed by atoms with Gasteiger partial charge < -0.3 is 4.74 Å². The molecule has 3 aliphatic heterocycles. The zero-order valence-electron chi connectivity index (χ0n) is 9.68. The molecule has 5 nitrogen and oxygen atoms in total. The first kappa shape index (κ1) is 10.1. The first-order valence-corrected chi connectivity index (χ1v) is 6.09. The van der Waals surface area contributed by atoms with E-state index in [1.807, 2.05) is 24.3 Å². The van der Waals surface area contributed by atoms with E-state index < -0.39 is 5.60 Å². The van der Waals surface area contributed by atoms with Crippen LogP contribution in [0.15, 0.2) is 24.3 Å². The van der Waals surface area contributed by atoms with Gasteiger partial charge in [0.25, 0.3) is 0 Å². The molecule has 3 aliphatic rings. The van der Waals surface area contributed by atoms with Gasteiger partial charge in [0.15, 0.2) is 5.60 Å². The number of hydrogen-bond donors (Lipinski definition) is 1. The van der Waals surface area contributed by atoms with Crippen molar-refractivity contribution in [2.24, 2.45) is 0 Å². The number of nitrogens with one attached hydrogen (secondary N) is 1. The molecule has 1 aromatic carbocycles. The van der Waals surface area contributed by atoms with E-state index in [2.05, 4.69) is 5.32 Å². The number of benzene rings is 1. The van der Waals surface area contributed by atoms with Crippen molar-refractivity contribution >= 4 is 17.6 Å². The van der Waals surface area contributed by atoms with E-state index in [-0.39, 0.29) is 18.0 Å². The summed E-state index contributed by atoms with van der Waals surface area (Å²) >= 11 is 0. The van der Waals surface area contributed by atoms with Crippen molar-refractivity contribution in [3.8, 4) is 0 Å². The molecule has 2 saturated heterocycles. The van der Waals surface area contributed by atoms with Crippen molar-refractivity contribution in [2.45, 2.75) is 24.6 Å². The molecule has 3 heterocycles. The van der Waals surface area contributed by atoms with Gasteiger partial charge in [0.05, 0.1) is 12.2 Å². The van der Waals surface area contributed by atoms with E-state index in [9.17, 15) is 9.59 Å². The molecule has 0 radical (unpaired) electrons. The number of para-hydroxylation sites is 1. The van der Waals surface area contributed by atoms with Gasteiger partial charge in [-0.15, -0.1) is 0 Å². The van der Waals surface area contributed by atoms with Gasteiger partial charge in [-0.25, -0.2) is 0 Å². The number of carbonyl (C=O) groups excluding carboxylic acids is 2. The third-order valence-electron chi connectivity index (χ3n) is 4.03. The summed E-state index contributed by atoms with van der Waals surface area (Å²) in [5, 5.41) is 3.17.